The van der Waals surface area contributed by atoms with Crippen LogP contribution in [-0.4, -0.2) is 37.5 Å². The van der Waals surface area contributed by atoms with E-state index in [1.54, 1.807) is 44.1 Å². The zero-order valence-corrected chi connectivity index (χ0v) is 15.8. The first-order valence-corrected chi connectivity index (χ1v) is 8.67. The summed E-state index contributed by atoms with van der Waals surface area (Å²) in [5, 5.41) is 19.4. The number of hydrogen-bond donors (Lipinski definition) is 2. The van der Waals surface area contributed by atoms with E-state index in [1.807, 2.05) is 0 Å². The Labute approximate surface area is 161 Å². The van der Waals surface area contributed by atoms with Gasteiger partial charge in [0.1, 0.15) is 11.3 Å². The van der Waals surface area contributed by atoms with Crippen molar-refractivity contribution in [1.29, 1.82) is 5.41 Å². The van der Waals surface area contributed by atoms with Gasteiger partial charge in [-0.2, -0.15) is 0 Å². The Kier molecular flexibility index (Phi) is 5.17. The van der Waals surface area contributed by atoms with Crippen LogP contribution in [0.5, 0.6) is 5.75 Å². The summed E-state index contributed by atoms with van der Waals surface area (Å²) in [6.07, 6.45) is 0. The van der Waals surface area contributed by atoms with E-state index in [1.165, 1.54) is 24.3 Å². The number of ether oxygens (including phenoxy) is 1. The van der Waals surface area contributed by atoms with Crippen molar-refractivity contribution in [1.82, 2.24) is 0 Å². The zero-order valence-electron chi connectivity index (χ0n) is 15.8. The second-order valence-electron chi connectivity index (χ2n) is 6.33. The van der Waals surface area contributed by atoms with Crippen molar-refractivity contribution < 1.29 is 19.1 Å². The third kappa shape index (κ3) is 3.34. The predicted molar refractivity (Wildman–Crippen MR) is 107 cm³/mol. The molecule has 0 spiro atoms. The van der Waals surface area contributed by atoms with Crippen LogP contribution in [-0.2, 0) is 4.74 Å². The topological polar surface area (TPSA) is 104 Å². The summed E-state index contributed by atoms with van der Waals surface area (Å²) in [5.41, 5.74) is 0.360. The van der Waals surface area contributed by atoms with E-state index in [-0.39, 0.29) is 29.2 Å². The summed E-state index contributed by atoms with van der Waals surface area (Å²) < 4.78 is 10.4. The molecule has 0 unspecified atom stereocenters. The van der Waals surface area contributed by atoms with Crippen LogP contribution in [0.15, 0.2) is 51.7 Å². The molecule has 0 aliphatic rings. The molecular formula is C21H20N2O5. The first-order valence-electron chi connectivity index (χ1n) is 8.67. The molecule has 0 radical (unpaired) electrons. The van der Waals surface area contributed by atoms with E-state index in [4.69, 9.17) is 14.6 Å². The first kappa shape index (κ1) is 19.2. The molecule has 0 saturated carbocycles. The van der Waals surface area contributed by atoms with Crippen LogP contribution in [0.3, 0.4) is 0 Å². The zero-order chi connectivity index (χ0) is 20.4. The Balaban J connectivity index is 2.07. The fourth-order valence-electron chi connectivity index (χ4n) is 2.90. The maximum atomic E-state index is 12.5. The van der Waals surface area contributed by atoms with E-state index in [0.717, 1.165) is 0 Å². The number of carbonyl (C=O) groups excluding carboxylic acids is 1. The number of fused-ring (bicyclic) bond motifs is 1. The maximum absolute atomic E-state index is 12.5. The van der Waals surface area contributed by atoms with E-state index < -0.39 is 11.6 Å². The lowest BCUT2D eigenvalue weighted by Crippen LogP contribution is -2.17. The number of para-hydroxylation sites is 1. The minimum absolute atomic E-state index is 0.196. The van der Waals surface area contributed by atoms with Gasteiger partial charge in [0.2, 0.25) is 0 Å². The Morgan fingerprint density at radius 1 is 1.14 bits per heavy atom. The second-order valence-corrected chi connectivity index (χ2v) is 6.33. The number of carbonyl (C=O) groups is 1. The van der Waals surface area contributed by atoms with Crippen molar-refractivity contribution in [3.05, 3.63) is 69.6 Å². The molecule has 0 bridgehead atoms. The Morgan fingerprint density at radius 2 is 1.79 bits per heavy atom. The molecule has 0 saturated heterocycles. The summed E-state index contributed by atoms with van der Waals surface area (Å²) in [7, 11) is 3.60. The van der Waals surface area contributed by atoms with Crippen LogP contribution in [0, 0.1) is 5.41 Å². The van der Waals surface area contributed by atoms with Gasteiger partial charge in [0, 0.05) is 19.7 Å². The molecule has 0 aliphatic heterocycles. The Hall–Kier alpha value is -3.61. The number of nitrogens with zero attached hydrogens (tertiary/aromatic N) is 1. The van der Waals surface area contributed by atoms with Gasteiger partial charge in [-0.05, 0) is 31.2 Å². The Morgan fingerprint density at radius 3 is 2.39 bits per heavy atom. The first-order chi connectivity index (χ1) is 13.3. The van der Waals surface area contributed by atoms with Crippen molar-refractivity contribution in [2.45, 2.75) is 6.92 Å². The lowest BCUT2D eigenvalue weighted by Gasteiger charge is -2.15. The van der Waals surface area contributed by atoms with Gasteiger partial charge in [-0.1, -0.05) is 18.2 Å². The quantitative estimate of drug-likeness (QED) is 0.400. The van der Waals surface area contributed by atoms with Crippen molar-refractivity contribution in [3.8, 4) is 5.75 Å². The normalized spacial score (nSPS) is 10.7. The monoisotopic (exact) mass is 380 g/mol. The number of esters is 1. The van der Waals surface area contributed by atoms with Crippen LogP contribution >= 0.6 is 0 Å². The largest absolute Gasteiger partial charge is 0.506 e. The van der Waals surface area contributed by atoms with Crippen molar-refractivity contribution in [3.63, 3.8) is 0 Å². The van der Waals surface area contributed by atoms with Gasteiger partial charge in [-0.25, -0.2) is 9.59 Å². The van der Waals surface area contributed by atoms with E-state index in [0.29, 0.717) is 22.2 Å². The smallest absolute Gasteiger partial charge is 0.349 e. The summed E-state index contributed by atoms with van der Waals surface area (Å²) >= 11 is 0. The molecule has 144 valence electrons. The van der Waals surface area contributed by atoms with Crippen LogP contribution in [0.25, 0.3) is 11.0 Å². The number of aromatic hydroxyl groups is 1. The molecule has 0 fully saturated rings. The van der Waals surface area contributed by atoms with Gasteiger partial charge in [0.15, 0.2) is 5.58 Å². The lowest BCUT2D eigenvalue weighted by molar-refractivity contribution is 0.0526. The van der Waals surface area contributed by atoms with Crippen molar-refractivity contribution in [2.24, 2.45) is 0 Å². The van der Waals surface area contributed by atoms with Gasteiger partial charge in [0.05, 0.1) is 29.0 Å². The van der Waals surface area contributed by atoms with Crippen LogP contribution in [0.4, 0.5) is 5.69 Å². The number of nitrogens with one attached hydrogen (secondary N) is 1. The summed E-state index contributed by atoms with van der Waals surface area (Å²) in [4.78, 5) is 26.1. The van der Waals surface area contributed by atoms with Crippen LogP contribution < -0.4 is 10.5 Å². The minimum atomic E-state index is -0.807. The highest BCUT2D eigenvalue weighted by Crippen LogP contribution is 2.33. The molecule has 3 rings (SSSR count). The fourth-order valence-corrected chi connectivity index (χ4v) is 2.90. The molecule has 0 amide bonds. The second kappa shape index (κ2) is 7.56. The molecule has 0 aliphatic carbocycles. The highest BCUT2D eigenvalue weighted by atomic mass is 16.5. The van der Waals surface area contributed by atoms with Crippen LogP contribution in [0.2, 0.25) is 0 Å². The summed E-state index contributed by atoms with van der Waals surface area (Å²) in [6.45, 7) is 1.97. The average Bonchev–Trinajstić information content (AvgIpc) is 2.67. The molecule has 3 aromatic rings. The SMILES string of the molecule is CCOC(=O)c1ccc(C(=N)c2c(O)c3cccc(N(C)C)c3oc2=O)cc1. The molecule has 0 atom stereocenters. The number of anilines is 1. The summed E-state index contributed by atoms with van der Waals surface area (Å²) in [6, 6.07) is 11.2. The number of rotatable bonds is 5. The third-order valence-corrected chi connectivity index (χ3v) is 4.30. The molecule has 1 aromatic heterocycles. The van der Waals surface area contributed by atoms with Crippen LogP contribution in [0.1, 0.15) is 28.4 Å². The highest BCUT2D eigenvalue weighted by Gasteiger charge is 2.21. The molecule has 1 heterocycles. The molecule has 2 N–H and O–H groups in total. The van der Waals surface area contributed by atoms with Gasteiger partial charge in [-0.15, -0.1) is 0 Å². The van der Waals surface area contributed by atoms with E-state index >= 15 is 0 Å². The highest BCUT2D eigenvalue weighted by molar-refractivity contribution is 6.14. The molecular weight excluding hydrogens is 360 g/mol. The fraction of sp³-hybridized carbons (Fsp3) is 0.190. The molecule has 28 heavy (non-hydrogen) atoms. The standard InChI is InChI=1S/C21H20N2O5/c1-4-27-20(25)13-10-8-12(9-11-13)17(22)16-18(24)14-6-5-7-15(23(2)3)19(14)28-21(16)26/h5-11,22,24H,4H2,1-3H3. The molecule has 7 heteroatoms. The molecule has 2 aromatic carbocycles. The van der Waals surface area contributed by atoms with Gasteiger partial charge < -0.3 is 19.2 Å². The predicted octanol–water partition coefficient (Wildman–Crippen LogP) is 3.16. The van der Waals surface area contributed by atoms with E-state index in [2.05, 4.69) is 0 Å². The number of hydrogen-bond acceptors (Lipinski definition) is 7. The van der Waals surface area contributed by atoms with E-state index in [9.17, 15) is 14.7 Å². The Bertz CT molecular complexity index is 1110. The van der Waals surface area contributed by atoms with Gasteiger partial charge >= 0.3 is 11.6 Å². The molecule has 7 nitrogen and oxygen atoms in total. The maximum Gasteiger partial charge on any atom is 0.349 e. The summed E-state index contributed by atoms with van der Waals surface area (Å²) in [5.74, 6) is -0.778. The van der Waals surface area contributed by atoms with Crippen molar-refractivity contribution >= 4 is 28.3 Å². The third-order valence-electron chi connectivity index (χ3n) is 4.30. The number of benzene rings is 2. The lowest BCUT2D eigenvalue weighted by atomic mass is 10.00. The van der Waals surface area contributed by atoms with Crippen molar-refractivity contribution in [2.75, 3.05) is 25.6 Å². The van der Waals surface area contributed by atoms with Gasteiger partial charge in [-0.3, -0.25) is 5.41 Å². The van der Waals surface area contributed by atoms with Gasteiger partial charge in [0.25, 0.3) is 0 Å². The minimum Gasteiger partial charge on any atom is -0.506 e. The average molecular weight is 380 g/mol.